The second-order valence-corrected chi connectivity index (χ2v) is 5.32. The van der Waals surface area contributed by atoms with E-state index in [-0.39, 0.29) is 18.8 Å². The van der Waals surface area contributed by atoms with Crippen LogP contribution in [0.3, 0.4) is 0 Å². The van der Waals surface area contributed by atoms with Crippen molar-refractivity contribution in [3.8, 4) is 0 Å². The van der Waals surface area contributed by atoms with Crippen molar-refractivity contribution in [3.63, 3.8) is 0 Å². The molecule has 1 saturated heterocycles. The van der Waals surface area contributed by atoms with Gasteiger partial charge in [-0.25, -0.2) is 17.9 Å². The molecule has 0 aromatic carbocycles. The van der Waals surface area contributed by atoms with Gasteiger partial charge in [-0.05, 0) is 0 Å². The molecule has 4 amide bonds. The third-order valence-corrected chi connectivity index (χ3v) is 3.50. The number of nitrogens with one attached hydrogen (secondary N) is 2. The molecule has 0 bridgehead atoms. The van der Waals surface area contributed by atoms with E-state index >= 15 is 0 Å². The minimum atomic E-state index is -3.50. The number of carbonyl (C=O) groups excluding carboxylic acids is 3. The van der Waals surface area contributed by atoms with E-state index in [0.29, 0.717) is 0 Å². The van der Waals surface area contributed by atoms with E-state index in [1.165, 1.54) is 0 Å². The van der Waals surface area contributed by atoms with Crippen LogP contribution >= 0.6 is 0 Å². The molecule has 0 aliphatic carbocycles. The molecule has 0 saturated carbocycles. The lowest BCUT2D eigenvalue weighted by Crippen LogP contribution is -2.54. The Morgan fingerprint density at radius 2 is 2.00 bits per heavy atom. The minimum Gasteiger partial charge on any atom is -0.277 e. The van der Waals surface area contributed by atoms with Gasteiger partial charge in [0.1, 0.15) is 6.42 Å². The number of sulfonamides is 1. The van der Waals surface area contributed by atoms with Gasteiger partial charge in [0.2, 0.25) is 21.8 Å². The molecule has 0 radical (unpaired) electrons. The maximum Gasteiger partial charge on any atom is 0.330 e. The number of nitrogens with zero attached hydrogens (tertiary/aromatic N) is 1. The summed E-state index contributed by atoms with van der Waals surface area (Å²) < 4.78 is 24.8. The lowest BCUT2D eigenvalue weighted by Gasteiger charge is -2.24. The first-order chi connectivity index (χ1) is 7.85. The number of imide groups is 2. The normalized spacial score (nSPS) is 17.2. The fourth-order valence-electron chi connectivity index (χ4n) is 1.31. The maximum atomic E-state index is 11.3. The highest BCUT2D eigenvalue weighted by Gasteiger charge is 2.31. The Balaban J connectivity index is 2.60. The summed E-state index contributed by atoms with van der Waals surface area (Å²) in [6.45, 7) is 1.59. The summed E-state index contributed by atoms with van der Waals surface area (Å²) in [4.78, 5) is 34.1. The number of barbiturate groups is 1. The SMILES string of the molecule is CCNS(=O)(=O)CCN1C(=O)CC(=O)NC1=O. The van der Waals surface area contributed by atoms with Gasteiger partial charge in [0.05, 0.1) is 5.75 Å². The Bertz CT molecular complexity index is 424. The molecule has 1 heterocycles. The number of hydrogen-bond acceptors (Lipinski definition) is 5. The van der Waals surface area contributed by atoms with Gasteiger partial charge < -0.3 is 0 Å². The number of hydrogen-bond donors (Lipinski definition) is 2. The Morgan fingerprint density at radius 3 is 2.53 bits per heavy atom. The zero-order valence-corrected chi connectivity index (χ0v) is 10.0. The molecule has 0 aromatic heterocycles. The summed E-state index contributed by atoms with van der Waals surface area (Å²) in [5.74, 6) is -1.75. The lowest BCUT2D eigenvalue weighted by molar-refractivity contribution is -0.136. The van der Waals surface area contributed by atoms with Gasteiger partial charge >= 0.3 is 6.03 Å². The number of amides is 4. The van der Waals surface area contributed by atoms with Crippen LogP contribution in [0.25, 0.3) is 0 Å². The van der Waals surface area contributed by atoms with Crippen molar-refractivity contribution in [1.82, 2.24) is 14.9 Å². The topological polar surface area (TPSA) is 113 Å². The maximum absolute atomic E-state index is 11.3. The van der Waals surface area contributed by atoms with Crippen molar-refractivity contribution in [1.29, 1.82) is 0 Å². The second-order valence-electron chi connectivity index (χ2n) is 3.39. The Labute approximate surface area is 98.4 Å². The zero-order chi connectivity index (χ0) is 13.1. The number of carbonyl (C=O) groups is 3. The van der Waals surface area contributed by atoms with Crippen LogP contribution in [0.2, 0.25) is 0 Å². The molecule has 0 atom stereocenters. The van der Waals surface area contributed by atoms with Crippen molar-refractivity contribution in [2.45, 2.75) is 13.3 Å². The predicted octanol–water partition coefficient (Wildman–Crippen LogP) is -1.61. The highest BCUT2D eigenvalue weighted by Crippen LogP contribution is 2.02. The van der Waals surface area contributed by atoms with E-state index < -0.39 is 34.3 Å². The molecule has 2 N–H and O–H groups in total. The fourth-order valence-corrected chi connectivity index (χ4v) is 2.31. The van der Waals surface area contributed by atoms with Crippen LogP contribution in [-0.2, 0) is 19.6 Å². The molecule has 9 heteroatoms. The molecule has 8 nitrogen and oxygen atoms in total. The van der Waals surface area contributed by atoms with Gasteiger partial charge in [-0.1, -0.05) is 6.92 Å². The summed E-state index contributed by atoms with van der Waals surface area (Å²) in [6.07, 6.45) is -0.438. The van der Waals surface area contributed by atoms with Gasteiger partial charge in [0, 0.05) is 13.1 Å². The standard InChI is InChI=1S/C8H13N3O5S/c1-2-9-17(15,16)4-3-11-7(13)5-6(12)10-8(11)14/h9H,2-5H2,1H3,(H,10,12,14). The van der Waals surface area contributed by atoms with E-state index in [9.17, 15) is 22.8 Å². The van der Waals surface area contributed by atoms with Crippen molar-refractivity contribution in [3.05, 3.63) is 0 Å². The second kappa shape index (κ2) is 5.23. The Kier molecular flexibility index (Phi) is 4.18. The van der Waals surface area contributed by atoms with Gasteiger partial charge in [0.25, 0.3) is 0 Å². The van der Waals surface area contributed by atoms with Gasteiger partial charge in [-0.15, -0.1) is 0 Å². The summed E-state index contributed by atoms with van der Waals surface area (Å²) in [6, 6.07) is -0.877. The van der Waals surface area contributed by atoms with E-state index in [0.717, 1.165) is 4.90 Å². The third-order valence-electron chi connectivity index (χ3n) is 2.05. The van der Waals surface area contributed by atoms with Crippen LogP contribution in [0.15, 0.2) is 0 Å². The van der Waals surface area contributed by atoms with E-state index in [1.54, 1.807) is 6.92 Å². The minimum absolute atomic E-state index is 0.237. The smallest absolute Gasteiger partial charge is 0.277 e. The van der Waals surface area contributed by atoms with Crippen LogP contribution in [0, 0.1) is 0 Å². The Hall–Kier alpha value is -1.48. The predicted molar refractivity (Wildman–Crippen MR) is 57.3 cm³/mol. The average Bonchev–Trinajstić information content (AvgIpc) is 2.15. The molecule has 1 rings (SSSR count). The first kappa shape index (κ1) is 13.6. The number of urea groups is 1. The zero-order valence-electron chi connectivity index (χ0n) is 9.23. The molecule has 1 fully saturated rings. The van der Waals surface area contributed by atoms with Crippen molar-refractivity contribution >= 4 is 27.9 Å². The van der Waals surface area contributed by atoms with Crippen molar-refractivity contribution in [2.75, 3.05) is 18.8 Å². The van der Waals surface area contributed by atoms with Gasteiger partial charge in [-0.2, -0.15) is 0 Å². The third kappa shape index (κ3) is 3.79. The van der Waals surface area contributed by atoms with E-state index in [2.05, 4.69) is 4.72 Å². The van der Waals surface area contributed by atoms with E-state index in [4.69, 9.17) is 0 Å². The molecule has 96 valence electrons. The van der Waals surface area contributed by atoms with Crippen LogP contribution in [0.4, 0.5) is 4.79 Å². The Morgan fingerprint density at radius 1 is 1.35 bits per heavy atom. The molecule has 17 heavy (non-hydrogen) atoms. The lowest BCUT2D eigenvalue weighted by atomic mass is 10.3. The highest BCUT2D eigenvalue weighted by atomic mass is 32.2. The largest absolute Gasteiger partial charge is 0.330 e. The van der Waals surface area contributed by atoms with Gasteiger partial charge in [0.15, 0.2) is 0 Å². The summed E-state index contributed by atoms with van der Waals surface area (Å²) in [5, 5.41) is 1.94. The summed E-state index contributed by atoms with van der Waals surface area (Å²) >= 11 is 0. The average molecular weight is 263 g/mol. The quantitative estimate of drug-likeness (QED) is 0.580. The van der Waals surface area contributed by atoms with Crippen molar-refractivity contribution in [2.24, 2.45) is 0 Å². The highest BCUT2D eigenvalue weighted by molar-refractivity contribution is 7.89. The fraction of sp³-hybridized carbons (Fsp3) is 0.625. The first-order valence-electron chi connectivity index (χ1n) is 4.97. The summed E-state index contributed by atoms with van der Waals surface area (Å²) in [7, 11) is -3.50. The van der Waals surface area contributed by atoms with Crippen LogP contribution < -0.4 is 10.0 Å². The molecule has 0 unspecified atom stereocenters. The number of rotatable bonds is 5. The van der Waals surface area contributed by atoms with Gasteiger partial charge in [-0.3, -0.25) is 19.8 Å². The van der Waals surface area contributed by atoms with Crippen molar-refractivity contribution < 1.29 is 22.8 Å². The van der Waals surface area contributed by atoms with Crippen LogP contribution in [0.5, 0.6) is 0 Å². The first-order valence-corrected chi connectivity index (χ1v) is 6.62. The molecule has 0 spiro atoms. The molecular formula is C8H13N3O5S. The molecule has 1 aliphatic rings. The molecule has 1 aliphatic heterocycles. The monoisotopic (exact) mass is 263 g/mol. The molecule has 0 aromatic rings. The van der Waals surface area contributed by atoms with Crippen LogP contribution in [0.1, 0.15) is 13.3 Å². The van der Waals surface area contributed by atoms with Crippen LogP contribution in [-0.4, -0.2) is 50.0 Å². The van der Waals surface area contributed by atoms with E-state index in [1.807, 2.05) is 5.32 Å². The summed E-state index contributed by atoms with van der Waals surface area (Å²) in [5.41, 5.74) is 0. The molecular weight excluding hydrogens is 250 g/mol.